The third-order valence-electron chi connectivity index (χ3n) is 3.49. The Kier molecular flexibility index (Phi) is 5.46. The number of aromatic nitrogens is 3. The van der Waals surface area contributed by atoms with Gasteiger partial charge in [0.25, 0.3) is 0 Å². The third-order valence-corrected chi connectivity index (χ3v) is 5.31. The quantitative estimate of drug-likeness (QED) is 0.762. The van der Waals surface area contributed by atoms with Gasteiger partial charge in [0.05, 0.1) is 24.0 Å². The molecule has 1 unspecified atom stereocenters. The van der Waals surface area contributed by atoms with Gasteiger partial charge in [-0.25, -0.2) is 22.6 Å². The molecule has 132 valence electrons. The molecule has 0 spiro atoms. The molecule has 0 aliphatic heterocycles. The molecule has 2 heterocycles. The van der Waals surface area contributed by atoms with Crippen LogP contribution in [0.1, 0.15) is 26.0 Å². The van der Waals surface area contributed by atoms with Gasteiger partial charge in [-0.2, -0.15) is 5.10 Å². The Hall–Kier alpha value is -1.71. The summed E-state index contributed by atoms with van der Waals surface area (Å²) in [6, 6.07) is 0. The molecule has 0 aliphatic carbocycles. The third kappa shape index (κ3) is 4.03. The number of hydrogen-bond donors (Lipinski definition) is 2. The maximum Gasteiger partial charge on any atom is 0.307 e. The predicted molar refractivity (Wildman–Crippen MR) is 88.5 cm³/mol. The van der Waals surface area contributed by atoms with E-state index in [2.05, 4.69) is 14.8 Å². The fourth-order valence-electron chi connectivity index (χ4n) is 2.27. The molecule has 2 rings (SSSR count). The average Bonchev–Trinajstić information content (AvgIpc) is 2.77. The monoisotopic (exact) mass is 374 g/mol. The Balaban J connectivity index is 2.22. The van der Waals surface area contributed by atoms with E-state index in [9.17, 15) is 18.3 Å². The lowest BCUT2D eigenvalue weighted by Crippen LogP contribution is -2.33. The van der Waals surface area contributed by atoms with Gasteiger partial charge in [-0.05, 0) is 19.3 Å². The van der Waals surface area contributed by atoms with Crippen LogP contribution in [0.15, 0.2) is 17.3 Å². The first-order valence-corrected chi connectivity index (χ1v) is 9.21. The van der Waals surface area contributed by atoms with Crippen LogP contribution in [-0.2, 0) is 14.8 Å². The number of carboxylic acid groups (broad SMARTS) is 1. The first-order chi connectivity index (χ1) is 11.1. The summed E-state index contributed by atoms with van der Waals surface area (Å²) < 4.78 is 28.3. The van der Waals surface area contributed by atoms with Gasteiger partial charge in [0, 0.05) is 6.54 Å². The van der Waals surface area contributed by atoms with Gasteiger partial charge in [-0.3, -0.25) is 4.79 Å². The molecule has 2 aromatic heterocycles. The minimum absolute atomic E-state index is 0.108. The first-order valence-electron chi connectivity index (χ1n) is 7.34. The molecule has 0 saturated carbocycles. The number of nitrogens with one attached hydrogen (secondary N) is 1. The van der Waals surface area contributed by atoms with Crippen molar-refractivity contribution in [1.29, 1.82) is 0 Å². The maximum atomic E-state index is 12.4. The van der Waals surface area contributed by atoms with E-state index in [1.807, 2.05) is 13.8 Å². The number of fused-ring (bicyclic) bond motifs is 1. The number of aryl methyl sites for hydroxylation is 1. The highest BCUT2D eigenvalue weighted by Gasteiger charge is 2.23. The van der Waals surface area contributed by atoms with Crippen molar-refractivity contribution in [3.05, 3.63) is 23.1 Å². The van der Waals surface area contributed by atoms with Crippen LogP contribution >= 0.6 is 11.6 Å². The molecule has 24 heavy (non-hydrogen) atoms. The van der Waals surface area contributed by atoms with Gasteiger partial charge in [0.2, 0.25) is 10.0 Å². The van der Waals surface area contributed by atoms with Gasteiger partial charge in [-0.15, -0.1) is 0 Å². The fraction of sp³-hybridized carbons (Fsp3) is 0.500. The second kappa shape index (κ2) is 7.04. The second-order valence-corrected chi connectivity index (χ2v) is 8.12. The number of aliphatic carboxylic acids is 1. The zero-order valence-corrected chi connectivity index (χ0v) is 15.1. The van der Waals surface area contributed by atoms with Crippen molar-refractivity contribution in [1.82, 2.24) is 19.3 Å². The maximum absolute atomic E-state index is 12.4. The molecule has 8 nitrogen and oxygen atoms in total. The molecule has 0 bridgehead atoms. The van der Waals surface area contributed by atoms with Crippen LogP contribution in [0, 0.1) is 18.8 Å². The molecule has 0 aromatic carbocycles. The number of halogens is 1. The van der Waals surface area contributed by atoms with Crippen LogP contribution in [-0.4, -0.2) is 40.6 Å². The number of carbonyl (C=O) groups is 1. The average molecular weight is 375 g/mol. The zero-order chi connectivity index (χ0) is 18.1. The van der Waals surface area contributed by atoms with Crippen molar-refractivity contribution in [2.45, 2.75) is 32.1 Å². The van der Waals surface area contributed by atoms with Gasteiger partial charge < -0.3 is 5.11 Å². The molecular formula is C14H19ClN4O4S. The Morgan fingerprint density at radius 1 is 1.46 bits per heavy atom. The lowest BCUT2D eigenvalue weighted by molar-refractivity contribution is -0.142. The molecule has 2 aromatic rings. The number of hydrogen-bond acceptors (Lipinski definition) is 5. The molecule has 0 aliphatic rings. The van der Waals surface area contributed by atoms with Gasteiger partial charge in [0.1, 0.15) is 9.92 Å². The van der Waals surface area contributed by atoms with E-state index >= 15 is 0 Å². The Morgan fingerprint density at radius 2 is 2.12 bits per heavy atom. The number of carboxylic acids is 1. The van der Waals surface area contributed by atoms with Gasteiger partial charge >= 0.3 is 5.97 Å². The molecule has 10 heteroatoms. The van der Waals surface area contributed by atoms with E-state index in [4.69, 9.17) is 11.6 Å². The highest BCUT2D eigenvalue weighted by molar-refractivity contribution is 7.89. The summed E-state index contributed by atoms with van der Waals surface area (Å²) >= 11 is 6.02. The molecule has 0 fully saturated rings. The van der Waals surface area contributed by atoms with Crippen LogP contribution < -0.4 is 4.72 Å². The van der Waals surface area contributed by atoms with E-state index in [1.54, 1.807) is 6.92 Å². The summed E-state index contributed by atoms with van der Waals surface area (Å²) in [4.78, 5) is 15.1. The van der Waals surface area contributed by atoms with Crippen LogP contribution in [0.4, 0.5) is 0 Å². The topological polar surface area (TPSA) is 114 Å². The zero-order valence-electron chi connectivity index (χ0n) is 13.5. The van der Waals surface area contributed by atoms with E-state index in [0.29, 0.717) is 22.8 Å². The summed E-state index contributed by atoms with van der Waals surface area (Å²) in [7, 11) is -3.90. The van der Waals surface area contributed by atoms with Crippen LogP contribution in [0.2, 0.25) is 5.02 Å². The molecule has 2 N–H and O–H groups in total. The number of sulfonamides is 1. The van der Waals surface area contributed by atoms with Crippen molar-refractivity contribution in [3.8, 4) is 0 Å². The van der Waals surface area contributed by atoms with E-state index in [0.717, 1.165) is 0 Å². The summed E-state index contributed by atoms with van der Waals surface area (Å²) in [6.45, 7) is 5.26. The summed E-state index contributed by atoms with van der Waals surface area (Å²) in [5.74, 6) is -1.69. The molecular weight excluding hydrogens is 356 g/mol. The fourth-order valence-corrected chi connectivity index (χ4v) is 3.46. The van der Waals surface area contributed by atoms with Crippen molar-refractivity contribution in [2.75, 3.05) is 6.54 Å². The first kappa shape index (κ1) is 18.6. The number of rotatable bonds is 7. The van der Waals surface area contributed by atoms with Crippen molar-refractivity contribution in [2.24, 2.45) is 11.8 Å². The molecule has 0 saturated heterocycles. The second-order valence-electron chi connectivity index (χ2n) is 5.97. The molecule has 0 radical (unpaired) electrons. The Labute approximate surface area is 144 Å². The van der Waals surface area contributed by atoms with Gasteiger partial charge in [0.15, 0.2) is 5.65 Å². The Bertz CT molecular complexity index is 863. The van der Waals surface area contributed by atoms with E-state index in [1.165, 1.54) is 16.9 Å². The van der Waals surface area contributed by atoms with Crippen molar-refractivity contribution >= 4 is 33.2 Å². The number of nitrogens with zero attached hydrogens (tertiary/aromatic N) is 3. The molecule has 1 atom stereocenters. The summed E-state index contributed by atoms with van der Waals surface area (Å²) in [5.41, 5.74) is 0.894. The predicted octanol–water partition coefficient (Wildman–Crippen LogP) is 1.72. The normalized spacial score (nSPS) is 13.5. The smallest absolute Gasteiger partial charge is 0.307 e. The Morgan fingerprint density at radius 3 is 2.71 bits per heavy atom. The standard InChI is InChI=1S/C14H19ClN4O4S/c1-8(2)4-10(14(20)21)5-17-24(22,23)11-6-16-13-12(15)9(3)18-19(13)7-11/h6-8,10,17H,4-5H2,1-3H3,(H,20,21). The van der Waals surface area contributed by atoms with Crippen molar-refractivity contribution < 1.29 is 18.3 Å². The minimum Gasteiger partial charge on any atom is -0.481 e. The highest BCUT2D eigenvalue weighted by Crippen LogP contribution is 2.20. The van der Waals surface area contributed by atoms with Gasteiger partial charge in [-0.1, -0.05) is 25.4 Å². The summed E-state index contributed by atoms with van der Waals surface area (Å²) in [5, 5.41) is 13.6. The largest absolute Gasteiger partial charge is 0.481 e. The van der Waals surface area contributed by atoms with Crippen LogP contribution in [0.25, 0.3) is 5.65 Å². The molecule has 0 amide bonds. The summed E-state index contributed by atoms with van der Waals surface area (Å²) in [6.07, 6.45) is 2.84. The van der Waals surface area contributed by atoms with E-state index in [-0.39, 0.29) is 17.4 Å². The lowest BCUT2D eigenvalue weighted by Gasteiger charge is -2.15. The minimum atomic E-state index is -3.90. The SMILES string of the molecule is Cc1nn2cc(S(=O)(=O)NCC(CC(C)C)C(=O)O)cnc2c1Cl. The van der Waals surface area contributed by atoms with E-state index < -0.39 is 21.9 Å². The van der Waals surface area contributed by atoms with Crippen LogP contribution in [0.5, 0.6) is 0 Å². The highest BCUT2D eigenvalue weighted by atomic mass is 35.5. The lowest BCUT2D eigenvalue weighted by atomic mass is 9.98. The van der Waals surface area contributed by atoms with Crippen molar-refractivity contribution in [3.63, 3.8) is 0 Å². The van der Waals surface area contributed by atoms with Crippen LogP contribution in [0.3, 0.4) is 0 Å².